The summed E-state index contributed by atoms with van der Waals surface area (Å²) in [6.45, 7) is 0.625. The minimum absolute atomic E-state index is 0.0358. The van der Waals surface area contributed by atoms with Crippen molar-refractivity contribution < 1.29 is 13.2 Å². The molecule has 4 aromatic carbocycles. The molecule has 0 fully saturated rings. The molecule has 0 aliphatic heterocycles. The summed E-state index contributed by atoms with van der Waals surface area (Å²) >= 11 is 0. The van der Waals surface area contributed by atoms with Gasteiger partial charge in [-0.3, -0.25) is 4.98 Å². The Morgan fingerprint density at radius 1 is 0.821 bits per heavy atom. The first-order chi connectivity index (χ1) is 18.9. The second kappa shape index (κ2) is 9.95. The van der Waals surface area contributed by atoms with Gasteiger partial charge in [-0.05, 0) is 76.0 Å². The minimum Gasteiger partial charge on any atom is -0.381 e. The highest BCUT2D eigenvalue weighted by molar-refractivity contribution is 5.98. The Labute approximate surface area is 224 Å². The fourth-order valence-electron chi connectivity index (χ4n) is 5.21. The van der Waals surface area contributed by atoms with Crippen molar-refractivity contribution in [1.82, 2.24) is 9.55 Å². The molecule has 0 bridgehead atoms. The molecule has 0 spiro atoms. The highest BCUT2D eigenvalue weighted by atomic mass is 19.4. The third kappa shape index (κ3) is 4.98. The summed E-state index contributed by atoms with van der Waals surface area (Å²) in [7, 11) is 2.03. The molecule has 0 amide bonds. The van der Waals surface area contributed by atoms with E-state index in [1.165, 1.54) is 17.0 Å². The van der Waals surface area contributed by atoms with E-state index in [4.69, 9.17) is 0 Å². The Balaban J connectivity index is 1.40. The van der Waals surface area contributed by atoms with Gasteiger partial charge in [0.25, 0.3) is 0 Å². The minimum atomic E-state index is -4.49. The highest BCUT2D eigenvalue weighted by Crippen LogP contribution is 2.39. The van der Waals surface area contributed by atoms with Crippen LogP contribution in [-0.2, 0) is 26.2 Å². The van der Waals surface area contributed by atoms with Crippen molar-refractivity contribution in [3.8, 4) is 11.1 Å². The van der Waals surface area contributed by atoms with Gasteiger partial charge < -0.3 is 9.88 Å². The fourth-order valence-corrected chi connectivity index (χ4v) is 5.21. The molecule has 6 heteroatoms. The van der Waals surface area contributed by atoms with E-state index in [1.54, 1.807) is 12.3 Å². The van der Waals surface area contributed by atoms with Crippen molar-refractivity contribution in [1.29, 1.82) is 0 Å². The van der Waals surface area contributed by atoms with Crippen molar-refractivity contribution in [2.75, 3.05) is 5.32 Å². The van der Waals surface area contributed by atoms with Crippen LogP contribution >= 0.6 is 0 Å². The van der Waals surface area contributed by atoms with Crippen LogP contribution in [0.4, 0.5) is 18.9 Å². The van der Waals surface area contributed by atoms with Crippen LogP contribution in [0.1, 0.15) is 22.3 Å². The third-order valence-electron chi connectivity index (χ3n) is 7.12. The summed E-state index contributed by atoms with van der Waals surface area (Å²) in [5.41, 5.74) is 6.01. The number of nitrogens with one attached hydrogen (secondary N) is 1. The molecule has 6 rings (SSSR count). The van der Waals surface area contributed by atoms with Crippen LogP contribution in [0.2, 0.25) is 0 Å². The number of alkyl halides is 3. The van der Waals surface area contributed by atoms with Crippen LogP contribution in [-0.4, -0.2) is 9.55 Å². The van der Waals surface area contributed by atoms with Crippen LogP contribution < -0.4 is 5.32 Å². The molecule has 2 aromatic heterocycles. The molecule has 0 atom stereocenters. The third-order valence-corrected chi connectivity index (χ3v) is 7.12. The van der Waals surface area contributed by atoms with Crippen molar-refractivity contribution in [2.45, 2.75) is 19.1 Å². The molecular weight excluding hydrogens is 495 g/mol. The first-order valence-electron chi connectivity index (χ1n) is 12.8. The van der Waals surface area contributed by atoms with Gasteiger partial charge in [0, 0.05) is 42.6 Å². The molecule has 39 heavy (non-hydrogen) atoms. The summed E-state index contributed by atoms with van der Waals surface area (Å²) in [6.07, 6.45) is -0.297. The quantitative estimate of drug-likeness (QED) is 0.238. The molecule has 0 aliphatic carbocycles. The Kier molecular flexibility index (Phi) is 6.31. The lowest BCUT2D eigenvalue weighted by atomic mass is 9.91. The van der Waals surface area contributed by atoms with Crippen LogP contribution in [0.15, 0.2) is 109 Å². The molecular formula is C33H26F3N3. The Hall–Kier alpha value is -4.58. The number of pyridine rings is 1. The molecule has 194 valence electrons. The molecule has 3 nitrogen and oxygen atoms in total. The maximum Gasteiger partial charge on any atom is 0.418 e. The van der Waals surface area contributed by atoms with E-state index < -0.39 is 11.7 Å². The number of hydrogen-bond donors (Lipinski definition) is 1. The van der Waals surface area contributed by atoms with Gasteiger partial charge >= 0.3 is 6.18 Å². The Morgan fingerprint density at radius 2 is 1.64 bits per heavy atom. The number of fused-ring (bicyclic) bond motifs is 2. The normalized spacial score (nSPS) is 11.8. The fraction of sp³-hybridized carbons (Fsp3) is 0.121. The maximum atomic E-state index is 13.9. The van der Waals surface area contributed by atoms with E-state index >= 15 is 0 Å². The zero-order chi connectivity index (χ0) is 27.0. The summed E-state index contributed by atoms with van der Waals surface area (Å²) in [4.78, 5) is 4.32. The molecule has 0 radical (unpaired) electrons. The van der Waals surface area contributed by atoms with Gasteiger partial charge in [0.1, 0.15) is 0 Å². The second-order valence-corrected chi connectivity index (χ2v) is 9.77. The SMILES string of the molecule is Cn1ccc2cc(CNc3cccc(-c4c(Cc5ccccc5)cnc5c(C(F)(F)F)cccc45)c3)ccc21. The monoisotopic (exact) mass is 521 g/mol. The van der Waals surface area contributed by atoms with Crippen LogP contribution in [0.3, 0.4) is 0 Å². The number of aryl methyl sites for hydroxylation is 1. The lowest BCUT2D eigenvalue weighted by Crippen LogP contribution is -2.07. The average Bonchev–Trinajstić information content (AvgIpc) is 3.31. The van der Waals surface area contributed by atoms with Gasteiger partial charge in [-0.25, -0.2) is 0 Å². The van der Waals surface area contributed by atoms with E-state index in [1.807, 2.05) is 67.8 Å². The number of hydrogen-bond acceptors (Lipinski definition) is 2. The molecule has 0 saturated heterocycles. The Bertz CT molecular complexity index is 1790. The number of rotatable bonds is 6. The van der Waals surface area contributed by atoms with Gasteiger partial charge in [-0.1, -0.05) is 60.7 Å². The summed E-state index contributed by atoms with van der Waals surface area (Å²) < 4.78 is 43.7. The number of halogens is 3. The largest absolute Gasteiger partial charge is 0.418 e. The maximum absolute atomic E-state index is 13.9. The van der Waals surface area contributed by atoms with E-state index in [0.29, 0.717) is 18.4 Å². The van der Waals surface area contributed by atoms with E-state index in [2.05, 4.69) is 39.1 Å². The van der Waals surface area contributed by atoms with Crippen molar-refractivity contribution in [3.05, 3.63) is 132 Å². The van der Waals surface area contributed by atoms with Gasteiger partial charge in [-0.15, -0.1) is 0 Å². The van der Waals surface area contributed by atoms with Crippen LogP contribution in [0, 0.1) is 0 Å². The van der Waals surface area contributed by atoms with E-state index in [9.17, 15) is 13.2 Å². The number of aromatic nitrogens is 2. The zero-order valence-electron chi connectivity index (χ0n) is 21.3. The molecule has 6 aromatic rings. The summed E-state index contributed by atoms with van der Waals surface area (Å²) in [5.74, 6) is 0. The summed E-state index contributed by atoms with van der Waals surface area (Å²) in [6, 6.07) is 30.5. The molecule has 1 N–H and O–H groups in total. The van der Waals surface area contributed by atoms with Gasteiger partial charge in [-0.2, -0.15) is 13.2 Å². The van der Waals surface area contributed by atoms with Gasteiger partial charge in [0.2, 0.25) is 0 Å². The highest BCUT2D eigenvalue weighted by Gasteiger charge is 2.33. The average molecular weight is 522 g/mol. The molecule has 2 heterocycles. The first-order valence-corrected chi connectivity index (χ1v) is 12.8. The van der Waals surface area contributed by atoms with Crippen molar-refractivity contribution in [2.24, 2.45) is 7.05 Å². The number of benzene rings is 4. The molecule has 0 saturated carbocycles. The zero-order valence-corrected chi connectivity index (χ0v) is 21.3. The van der Waals surface area contributed by atoms with Crippen molar-refractivity contribution >= 4 is 27.5 Å². The smallest absolute Gasteiger partial charge is 0.381 e. The number of para-hydroxylation sites is 1. The van der Waals surface area contributed by atoms with E-state index in [0.717, 1.165) is 39.6 Å². The standard InChI is InChI=1S/C33H26F3N3/c1-39-16-15-24-18-23(13-14-30(24)39)20-37-27-10-5-9-25(19-27)31-26(17-22-7-3-2-4-8-22)21-38-32-28(31)11-6-12-29(32)33(34,35)36/h2-16,18-19,21,37H,17,20H2,1H3. The predicted octanol–water partition coefficient (Wildman–Crippen LogP) is 8.62. The van der Waals surface area contributed by atoms with Gasteiger partial charge in [0.15, 0.2) is 0 Å². The second-order valence-electron chi connectivity index (χ2n) is 9.77. The van der Waals surface area contributed by atoms with Crippen LogP contribution in [0.25, 0.3) is 32.9 Å². The summed E-state index contributed by atoms with van der Waals surface area (Å²) in [5, 5.41) is 5.16. The van der Waals surface area contributed by atoms with Crippen molar-refractivity contribution in [3.63, 3.8) is 0 Å². The molecule has 0 unspecified atom stereocenters. The topological polar surface area (TPSA) is 29.9 Å². The van der Waals surface area contributed by atoms with Crippen LogP contribution in [0.5, 0.6) is 0 Å². The van der Waals surface area contributed by atoms with E-state index in [-0.39, 0.29) is 5.52 Å². The number of nitrogens with zero attached hydrogens (tertiary/aromatic N) is 2. The molecule has 0 aliphatic rings. The predicted molar refractivity (Wildman–Crippen MR) is 152 cm³/mol. The van der Waals surface area contributed by atoms with Gasteiger partial charge in [0.05, 0.1) is 11.1 Å². The first kappa shape index (κ1) is 24.7. The Morgan fingerprint density at radius 3 is 2.46 bits per heavy atom. The lowest BCUT2D eigenvalue weighted by molar-refractivity contribution is -0.136. The number of anilines is 1. The lowest BCUT2D eigenvalue weighted by Gasteiger charge is -2.17.